The molecule has 0 spiro atoms. The highest BCUT2D eigenvalue weighted by molar-refractivity contribution is 6.01. The second-order valence-corrected chi connectivity index (χ2v) is 8.09. The van der Waals surface area contributed by atoms with Gasteiger partial charge >= 0.3 is 11.9 Å². The molecule has 164 valence electrons. The van der Waals surface area contributed by atoms with Gasteiger partial charge in [-0.25, -0.2) is 9.59 Å². The van der Waals surface area contributed by atoms with Gasteiger partial charge < -0.3 is 14.2 Å². The van der Waals surface area contributed by atoms with Gasteiger partial charge in [0, 0.05) is 46.1 Å². The number of carbonyl (C=O) groups excluding carboxylic acids is 2. The fourth-order valence-electron chi connectivity index (χ4n) is 3.72. The molecule has 0 bridgehead atoms. The number of carbonyl (C=O) groups is 2. The Bertz CT molecular complexity index is 1030. The van der Waals surface area contributed by atoms with Crippen LogP contribution < -0.4 is 9.47 Å². The van der Waals surface area contributed by atoms with Crippen LogP contribution in [0.4, 0.5) is 0 Å². The molecule has 2 aromatic carbocycles. The molecule has 0 saturated carbocycles. The summed E-state index contributed by atoms with van der Waals surface area (Å²) in [6, 6.07) is 7.49. The maximum absolute atomic E-state index is 12.4. The predicted molar refractivity (Wildman–Crippen MR) is 122 cm³/mol. The second kappa shape index (κ2) is 9.92. The quantitative estimate of drug-likeness (QED) is 0.244. The van der Waals surface area contributed by atoms with Crippen molar-refractivity contribution in [3.8, 4) is 11.5 Å². The Hall–Kier alpha value is -2.92. The zero-order chi connectivity index (χ0) is 22.5. The molecule has 0 saturated heterocycles. The summed E-state index contributed by atoms with van der Waals surface area (Å²) in [5, 5.41) is 1.44. The van der Waals surface area contributed by atoms with Crippen LogP contribution in [-0.2, 0) is 27.2 Å². The summed E-state index contributed by atoms with van der Waals surface area (Å²) < 4.78 is 17.7. The van der Waals surface area contributed by atoms with E-state index >= 15 is 0 Å². The molecule has 1 aliphatic carbocycles. The number of esters is 2. The van der Waals surface area contributed by atoms with Crippen LogP contribution in [0.5, 0.6) is 11.5 Å². The van der Waals surface area contributed by atoms with Crippen LogP contribution in [0, 0.1) is 0 Å². The number of unbranched alkanes of at least 4 members (excludes halogenated alkanes) is 1. The topological polar surface area (TPSA) is 61.8 Å². The van der Waals surface area contributed by atoms with Crippen LogP contribution >= 0.6 is 0 Å². The maximum atomic E-state index is 12.4. The van der Waals surface area contributed by atoms with Crippen LogP contribution in [-0.4, -0.2) is 24.6 Å². The monoisotopic (exact) mass is 422 g/mol. The van der Waals surface area contributed by atoms with Crippen LogP contribution in [0.25, 0.3) is 10.8 Å². The Morgan fingerprint density at radius 1 is 0.968 bits per heavy atom. The molecule has 1 unspecified atom stereocenters. The first-order chi connectivity index (χ1) is 14.8. The first-order valence-corrected chi connectivity index (χ1v) is 10.8. The Kier molecular flexibility index (Phi) is 7.29. The van der Waals surface area contributed by atoms with Crippen molar-refractivity contribution in [1.82, 2.24) is 0 Å². The lowest BCUT2D eigenvalue weighted by Crippen LogP contribution is -2.25. The van der Waals surface area contributed by atoms with Crippen molar-refractivity contribution < 1.29 is 23.8 Å². The van der Waals surface area contributed by atoms with E-state index in [0.717, 1.165) is 41.2 Å². The van der Waals surface area contributed by atoms with E-state index in [1.165, 1.54) is 0 Å². The van der Waals surface area contributed by atoms with Crippen molar-refractivity contribution in [3.05, 3.63) is 59.7 Å². The third-order valence-electron chi connectivity index (χ3n) is 5.41. The number of benzene rings is 2. The first kappa shape index (κ1) is 22.8. The molecular formula is C26H30O5. The van der Waals surface area contributed by atoms with Crippen LogP contribution in [0.1, 0.15) is 51.2 Å². The Labute approximate surface area is 183 Å². The zero-order valence-electron chi connectivity index (χ0n) is 18.6. The van der Waals surface area contributed by atoms with E-state index in [1.807, 2.05) is 24.3 Å². The third kappa shape index (κ3) is 5.05. The summed E-state index contributed by atoms with van der Waals surface area (Å²) in [4.78, 5) is 24.8. The normalized spacial score (nSPS) is 15.3. The molecule has 3 rings (SSSR count). The molecule has 1 atom stereocenters. The van der Waals surface area contributed by atoms with Crippen LogP contribution in [0.2, 0.25) is 0 Å². The summed E-state index contributed by atoms with van der Waals surface area (Å²) in [5.41, 5.74) is 2.38. The molecule has 5 nitrogen and oxygen atoms in total. The summed E-state index contributed by atoms with van der Waals surface area (Å²) >= 11 is 0. The lowest BCUT2D eigenvalue weighted by Gasteiger charge is -2.29. The van der Waals surface area contributed by atoms with Gasteiger partial charge in [-0.15, -0.1) is 0 Å². The minimum Gasteiger partial charge on any atom is -0.422 e. The van der Waals surface area contributed by atoms with Gasteiger partial charge in [0.2, 0.25) is 0 Å². The lowest BCUT2D eigenvalue weighted by molar-refractivity contribution is -0.131. The molecule has 0 fully saturated rings. The van der Waals surface area contributed by atoms with Gasteiger partial charge in [0.1, 0.15) is 11.5 Å². The number of hydrogen-bond acceptors (Lipinski definition) is 5. The molecule has 1 aliphatic rings. The highest BCUT2D eigenvalue weighted by Gasteiger charge is 2.30. The second-order valence-electron chi connectivity index (χ2n) is 8.09. The van der Waals surface area contributed by atoms with Crippen molar-refractivity contribution >= 4 is 22.7 Å². The zero-order valence-corrected chi connectivity index (χ0v) is 18.6. The maximum Gasteiger partial charge on any atom is 0.338 e. The highest BCUT2D eigenvalue weighted by atomic mass is 16.5. The fourth-order valence-corrected chi connectivity index (χ4v) is 3.72. The van der Waals surface area contributed by atoms with E-state index in [-0.39, 0.29) is 6.10 Å². The molecular weight excluding hydrogens is 392 g/mol. The molecule has 0 aromatic heterocycles. The van der Waals surface area contributed by atoms with Gasteiger partial charge in [0.05, 0.1) is 6.10 Å². The fraction of sp³-hybridized carbons (Fsp3) is 0.385. The molecule has 0 N–H and O–H groups in total. The minimum absolute atomic E-state index is 0.0205. The van der Waals surface area contributed by atoms with Crippen molar-refractivity contribution in [2.24, 2.45) is 0 Å². The van der Waals surface area contributed by atoms with Crippen LogP contribution in [0.3, 0.4) is 0 Å². The number of hydrogen-bond donors (Lipinski definition) is 0. The Balaban J connectivity index is 2.15. The number of rotatable bonds is 8. The standard InChI is InChI=1S/C26H30O5/c1-6-7-14-29-18-12-13-21-22(15-18)24(31-26(28)17(4)5)20-11-9-8-10-19(20)23(21)30-25(27)16(2)3/h8-11,18H,2,4,6-7,12-15H2,1,3,5H3. The molecule has 31 heavy (non-hydrogen) atoms. The molecule has 0 aliphatic heterocycles. The van der Waals surface area contributed by atoms with E-state index in [2.05, 4.69) is 20.1 Å². The van der Waals surface area contributed by atoms with E-state index < -0.39 is 11.9 Å². The number of fused-ring (bicyclic) bond motifs is 2. The van der Waals surface area contributed by atoms with E-state index in [0.29, 0.717) is 42.1 Å². The van der Waals surface area contributed by atoms with E-state index in [4.69, 9.17) is 14.2 Å². The smallest absolute Gasteiger partial charge is 0.338 e. The van der Waals surface area contributed by atoms with Gasteiger partial charge in [0.25, 0.3) is 0 Å². The average molecular weight is 423 g/mol. The predicted octanol–water partition coefficient (Wildman–Crippen LogP) is 5.48. The van der Waals surface area contributed by atoms with Gasteiger partial charge in [-0.1, -0.05) is 50.8 Å². The van der Waals surface area contributed by atoms with Crippen molar-refractivity contribution in [1.29, 1.82) is 0 Å². The Morgan fingerprint density at radius 3 is 2.03 bits per heavy atom. The SMILES string of the molecule is C=C(C)C(=O)Oc1c2c(c(OC(=O)C(=C)C)c3ccccc13)CC(OCCCC)CC2. The first-order valence-electron chi connectivity index (χ1n) is 10.8. The molecule has 0 heterocycles. The van der Waals surface area contributed by atoms with Crippen LogP contribution in [0.15, 0.2) is 48.6 Å². The van der Waals surface area contributed by atoms with Gasteiger partial charge in [-0.2, -0.15) is 0 Å². The average Bonchev–Trinajstić information content (AvgIpc) is 2.75. The van der Waals surface area contributed by atoms with Crippen molar-refractivity contribution in [2.45, 2.75) is 59.0 Å². The molecule has 5 heteroatoms. The summed E-state index contributed by atoms with van der Waals surface area (Å²) in [7, 11) is 0. The van der Waals surface area contributed by atoms with E-state index in [1.54, 1.807) is 13.8 Å². The van der Waals surface area contributed by atoms with Gasteiger partial charge in [-0.3, -0.25) is 0 Å². The minimum atomic E-state index is -0.479. The van der Waals surface area contributed by atoms with Gasteiger partial charge in [0.15, 0.2) is 0 Å². The Morgan fingerprint density at radius 2 is 1.52 bits per heavy atom. The summed E-state index contributed by atoms with van der Waals surface area (Å²) in [6.07, 6.45) is 4.14. The molecule has 0 radical (unpaired) electrons. The summed E-state index contributed by atoms with van der Waals surface area (Å²) in [5.74, 6) is 0.0617. The van der Waals surface area contributed by atoms with Gasteiger partial charge in [-0.05, 0) is 33.1 Å². The number of ether oxygens (including phenoxy) is 3. The van der Waals surface area contributed by atoms with E-state index in [9.17, 15) is 9.59 Å². The largest absolute Gasteiger partial charge is 0.422 e. The third-order valence-corrected chi connectivity index (χ3v) is 5.41. The van der Waals surface area contributed by atoms with Crippen molar-refractivity contribution in [2.75, 3.05) is 6.61 Å². The lowest BCUT2D eigenvalue weighted by atomic mass is 9.85. The molecule has 2 aromatic rings. The highest BCUT2D eigenvalue weighted by Crippen LogP contribution is 2.45. The molecule has 0 amide bonds. The summed E-state index contributed by atoms with van der Waals surface area (Å²) in [6.45, 7) is 13.5. The van der Waals surface area contributed by atoms with Crippen molar-refractivity contribution in [3.63, 3.8) is 0 Å².